The average Bonchev–Trinajstić information content (AvgIpc) is 1.86. The van der Waals surface area contributed by atoms with E-state index >= 15 is 0 Å². The second-order valence-electron chi connectivity index (χ2n) is 1.50. The fraction of sp³-hybridized carbons (Fsp3) is 0.714. The number of carboxylic acids is 2. The number of aliphatic carboxylic acids is 2. The Labute approximate surface area is 101 Å². The Kier molecular flexibility index (Phi) is 123. The van der Waals surface area contributed by atoms with Crippen LogP contribution in [0.25, 0.3) is 0 Å². The molecule has 0 bridgehead atoms. The summed E-state index contributed by atoms with van der Waals surface area (Å²) in [6.07, 6.45) is -1.03. The zero-order chi connectivity index (χ0) is 11.3. The molecule has 17 heavy (non-hydrogen) atoms. The van der Waals surface area contributed by atoms with Crippen LogP contribution in [0.15, 0.2) is 0 Å². The van der Waals surface area contributed by atoms with E-state index in [0.717, 1.165) is 0 Å². The molecule has 0 aromatic rings. The van der Waals surface area contributed by atoms with Crippen molar-refractivity contribution in [3.8, 4) is 0 Å². The van der Waals surface area contributed by atoms with Gasteiger partial charge < -0.3 is 54.6 Å². The van der Waals surface area contributed by atoms with Crippen LogP contribution in [0.3, 0.4) is 0 Å². The van der Waals surface area contributed by atoms with Crippen molar-refractivity contribution in [3.05, 3.63) is 0 Å². The van der Waals surface area contributed by atoms with Crippen molar-refractivity contribution in [1.82, 2.24) is 24.6 Å². The summed E-state index contributed by atoms with van der Waals surface area (Å²) >= 11 is 0. The van der Waals surface area contributed by atoms with Crippen LogP contribution < -0.4 is 45.0 Å². The second-order valence-corrected chi connectivity index (χ2v) is 1.50. The van der Waals surface area contributed by atoms with E-state index in [9.17, 15) is 19.8 Å². The molecule has 10 nitrogen and oxygen atoms in total. The Morgan fingerprint density at radius 3 is 0.882 bits per heavy atom. The highest BCUT2D eigenvalue weighted by Gasteiger charge is 1.81. The Morgan fingerprint density at radius 1 is 0.765 bits per heavy atom. The quantitative estimate of drug-likeness (QED) is 0.379. The molecule has 0 aliphatic rings. The summed E-state index contributed by atoms with van der Waals surface area (Å²) in [7, 11) is 0. The molecule has 10 heteroatoms. The zero-order valence-corrected chi connectivity index (χ0v) is 11.6. The Morgan fingerprint density at radius 2 is 0.882 bits per heavy atom. The molecule has 0 aromatic heterocycles. The fourth-order valence-corrected chi connectivity index (χ4v) is 0.118. The van der Waals surface area contributed by atoms with Gasteiger partial charge in [-0.05, 0) is 0 Å². The van der Waals surface area contributed by atoms with Crippen LogP contribution >= 0.6 is 0 Å². The van der Waals surface area contributed by atoms with Crippen molar-refractivity contribution in [3.63, 3.8) is 0 Å². The van der Waals surface area contributed by atoms with Gasteiger partial charge in [0, 0.05) is 18.4 Å². The third kappa shape index (κ3) is 325. The summed E-state index contributed by atoms with van der Waals surface area (Å²) in [4.78, 5) is 18.6. The minimum Gasteiger partial charge on any atom is -0.855 e. The molecule has 16 N–H and O–H groups in total. The van der Waals surface area contributed by atoms with E-state index in [1.165, 1.54) is 0 Å². The topological polar surface area (TPSA) is 272 Å². The van der Waals surface area contributed by atoms with E-state index in [1.807, 2.05) is 0 Å². The molecular formula is C7H28N4O6. The molecule has 0 unspecified atom stereocenters. The van der Waals surface area contributed by atoms with Gasteiger partial charge in [0.2, 0.25) is 0 Å². The molecule has 0 aliphatic carbocycles. The number of carbonyl (C=O) groups excluding carboxylic acids is 2. The Hall–Kier alpha value is -1.30. The first-order valence-corrected chi connectivity index (χ1v) is 3.52. The van der Waals surface area contributed by atoms with Gasteiger partial charge in [-0.1, -0.05) is 13.8 Å². The summed E-state index contributed by atoms with van der Waals surface area (Å²) in [6, 6.07) is 0. The average molecular weight is 264 g/mol. The van der Waals surface area contributed by atoms with E-state index in [4.69, 9.17) is 10.2 Å². The van der Waals surface area contributed by atoms with Crippen molar-refractivity contribution in [2.45, 2.75) is 20.3 Å². The summed E-state index contributed by atoms with van der Waals surface area (Å²) in [5, 5.41) is 36.4. The number of hydrogen-bond acceptors (Lipinski definition) is 6. The third-order valence-corrected chi connectivity index (χ3v) is 0.289. The van der Waals surface area contributed by atoms with E-state index < -0.39 is 18.4 Å². The molecule has 0 rings (SSSR count). The first-order valence-electron chi connectivity index (χ1n) is 3.52. The molecule has 112 valence electrons. The van der Waals surface area contributed by atoms with Gasteiger partial charge in [0.1, 0.15) is 0 Å². The van der Waals surface area contributed by atoms with Crippen molar-refractivity contribution in [1.29, 1.82) is 0 Å². The zero-order valence-electron chi connectivity index (χ0n) is 11.6. The smallest absolute Gasteiger partial charge is 0.0470 e. The maximum atomic E-state index is 9.28. The number of quaternary nitrogens is 4. The molecular weight excluding hydrogens is 236 g/mol. The van der Waals surface area contributed by atoms with Crippen molar-refractivity contribution in [2.24, 2.45) is 0 Å². The minimum absolute atomic E-state index is 0. The summed E-state index contributed by atoms with van der Waals surface area (Å²) in [5.41, 5.74) is 0. The molecule has 0 saturated carbocycles. The van der Waals surface area contributed by atoms with Crippen LogP contribution in [0.2, 0.25) is 0 Å². The highest BCUT2D eigenvalue weighted by Crippen LogP contribution is 1.66. The minimum atomic E-state index is -1.63. The van der Waals surface area contributed by atoms with Crippen molar-refractivity contribution < 1.29 is 30.0 Å². The number of carboxylic acid groups (broad SMARTS) is 2. The van der Waals surface area contributed by atoms with E-state index in [2.05, 4.69) is 0 Å². The largest absolute Gasteiger partial charge is 0.855 e. The molecule has 0 fully saturated rings. The summed E-state index contributed by atoms with van der Waals surface area (Å²) in [5.74, 6) is -3.25. The molecule has 0 radical (unpaired) electrons. The fourth-order valence-electron chi connectivity index (χ4n) is 0.118. The van der Waals surface area contributed by atoms with E-state index in [-0.39, 0.29) is 37.8 Å². The lowest BCUT2D eigenvalue weighted by atomic mass is 10.5. The summed E-state index contributed by atoms with van der Waals surface area (Å²) in [6.45, 7) is 3.14. The predicted octanol–water partition coefficient (Wildman–Crippen LogP) is -2.89. The van der Waals surface area contributed by atoms with Crippen molar-refractivity contribution >= 4 is 11.9 Å². The van der Waals surface area contributed by atoms with Gasteiger partial charge in [0.15, 0.2) is 0 Å². The molecule has 0 heterocycles. The lowest BCUT2D eigenvalue weighted by Gasteiger charge is -1.99. The molecule has 0 saturated heterocycles. The molecule has 0 aromatic carbocycles. The van der Waals surface area contributed by atoms with E-state index in [1.54, 1.807) is 13.8 Å². The molecule has 0 spiro atoms. The first kappa shape index (κ1) is 44.8. The molecule has 0 aliphatic heterocycles. The van der Waals surface area contributed by atoms with Crippen LogP contribution in [-0.2, 0) is 9.59 Å². The van der Waals surface area contributed by atoms with E-state index in [0.29, 0.717) is 0 Å². The molecule has 0 amide bonds. The molecule has 0 atom stereocenters. The van der Waals surface area contributed by atoms with Gasteiger partial charge >= 0.3 is 0 Å². The highest BCUT2D eigenvalue weighted by atomic mass is 16.4. The number of hydrogen-bond donors (Lipinski definition) is 4. The SMILES string of the molecule is CC[O-].CC[O-].O=C([O-])CC(=O)[O-].[NH4+].[NH4+].[NH4+].[NH4+]. The standard InChI is InChI=1S/C3H4O4.2C2H5O.4H3N/c4-2(5)1-3(6)7;2*1-2-3;;;;/h1H2,(H,4,5)(H,6,7);2*2H2,1H3;4*1H3/q;2*-1;;;;/p+2. The van der Waals surface area contributed by atoms with Gasteiger partial charge in [0.05, 0.1) is 0 Å². The Bertz CT molecular complexity index is 122. The van der Waals surface area contributed by atoms with Crippen LogP contribution in [-0.4, -0.2) is 25.2 Å². The summed E-state index contributed by atoms with van der Waals surface area (Å²) < 4.78 is 0. The van der Waals surface area contributed by atoms with Gasteiger partial charge in [-0.15, -0.1) is 13.2 Å². The maximum Gasteiger partial charge on any atom is 0.0470 e. The maximum absolute atomic E-state index is 9.28. The van der Waals surface area contributed by atoms with Crippen LogP contribution in [0.5, 0.6) is 0 Å². The highest BCUT2D eigenvalue weighted by molar-refractivity contribution is 5.86. The van der Waals surface area contributed by atoms with Crippen LogP contribution in [0.4, 0.5) is 0 Å². The second kappa shape index (κ2) is 46.5. The van der Waals surface area contributed by atoms with Gasteiger partial charge in [0.25, 0.3) is 0 Å². The third-order valence-electron chi connectivity index (χ3n) is 0.289. The number of rotatable bonds is 2. The Balaban J connectivity index is -0.0000000177. The monoisotopic (exact) mass is 264 g/mol. The van der Waals surface area contributed by atoms with Crippen LogP contribution in [0, 0.1) is 0 Å². The van der Waals surface area contributed by atoms with Gasteiger partial charge in [-0.2, -0.15) is 0 Å². The van der Waals surface area contributed by atoms with Gasteiger partial charge in [-0.3, -0.25) is 0 Å². The van der Waals surface area contributed by atoms with Crippen molar-refractivity contribution in [2.75, 3.05) is 13.2 Å². The van der Waals surface area contributed by atoms with Gasteiger partial charge in [-0.25, -0.2) is 0 Å². The predicted molar refractivity (Wildman–Crippen MR) is 59.7 cm³/mol. The lowest BCUT2D eigenvalue weighted by Crippen LogP contribution is -2.32. The normalized spacial score (nSPS) is 5.41. The lowest BCUT2D eigenvalue weighted by molar-refractivity contribution is -0.362. The first-order chi connectivity index (χ1) is 5.95. The van der Waals surface area contributed by atoms with Crippen LogP contribution in [0.1, 0.15) is 20.3 Å². The number of carbonyl (C=O) groups is 2.